The molecule has 0 bridgehead atoms. The standard InChI is InChI=1S/C20H25N3O4/c1-13(2)14-5-7-15(8-6-14)19-21-17(27-22-19)9-10-18(24)23-11-3-4-16(12-23)20(25)26/h5-8,13,16H,3-4,9-12H2,1-2H3,(H,25,26). The number of amides is 1. The third-order valence-electron chi connectivity index (χ3n) is 4.98. The van der Waals surface area contributed by atoms with Crippen molar-refractivity contribution in [3.05, 3.63) is 35.7 Å². The first-order valence-corrected chi connectivity index (χ1v) is 9.37. The van der Waals surface area contributed by atoms with E-state index in [0.29, 0.717) is 37.0 Å². The van der Waals surface area contributed by atoms with E-state index >= 15 is 0 Å². The second kappa shape index (κ2) is 8.33. The largest absolute Gasteiger partial charge is 0.481 e. The second-order valence-electron chi connectivity index (χ2n) is 7.31. The van der Waals surface area contributed by atoms with Crippen LogP contribution in [0.25, 0.3) is 11.4 Å². The molecular formula is C20H25N3O4. The number of aryl methyl sites for hydroxylation is 1. The van der Waals surface area contributed by atoms with E-state index in [-0.39, 0.29) is 18.9 Å². The molecule has 1 N–H and O–H groups in total. The van der Waals surface area contributed by atoms with Crippen LogP contribution in [0.15, 0.2) is 28.8 Å². The smallest absolute Gasteiger partial charge is 0.308 e. The number of carbonyl (C=O) groups is 2. The maximum absolute atomic E-state index is 12.4. The Morgan fingerprint density at radius 3 is 2.70 bits per heavy atom. The fourth-order valence-corrected chi connectivity index (χ4v) is 3.27. The van der Waals surface area contributed by atoms with Gasteiger partial charge in [-0.25, -0.2) is 0 Å². The Labute approximate surface area is 158 Å². The molecule has 3 rings (SSSR count). The Hall–Kier alpha value is -2.70. The van der Waals surface area contributed by atoms with Gasteiger partial charge < -0.3 is 14.5 Å². The molecule has 0 saturated carbocycles. The van der Waals surface area contributed by atoms with Gasteiger partial charge in [-0.1, -0.05) is 43.3 Å². The highest BCUT2D eigenvalue weighted by Gasteiger charge is 2.28. The molecule has 1 aliphatic rings. The summed E-state index contributed by atoms with van der Waals surface area (Å²) in [5, 5.41) is 13.1. The summed E-state index contributed by atoms with van der Waals surface area (Å²) in [6.45, 7) is 5.17. The Morgan fingerprint density at radius 2 is 2.04 bits per heavy atom. The summed E-state index contributed by atoms with van der Waals surface area (Å²) in [5.41, 5.74) is 2.12. The molecule has 1 aliphatic heterocycles. The number of hydrogen-bond donors (Lipinski definition) is 1. The lowest BCUT2D eigenvalue weighted by atomic mass is 9.98. The average molecular weight is 371 g/mol. The Morgan fingerprint density at radius 1 is 1.30 bits per heavy atom. The van der Waals surface area contributed by atoms with Gasteiger partial charge in [0.25, 0.3) is 0 Å². The van der Waals surface area contributed by atoms with Crippen molar-refractivity contribution >= 4 is 11.9 Å². The molecule has 1 atom stereocenters. The van der Waals surface area contributed by atoms with Crippen molar-refractivity contribution in [3.8, 4) is 11.4 Å². The first-order valence-electron chi connectivity index (χ1n) is 9.37. The molecule has 2 aromatic rings. The number of carboxylic acid groups (broad SMARTS) is 1. The van der Waals surface area contributed by atoms with Gasteiger partial charge in [-0.3, -0.25) is 9.59 Å². The van der Waals surface area contributed by atoms with E-state index in [0.717, 1.165) is 12.0 Å². The quantitative estimate of drug-likeness (QED) is 0.838. The van der Waals surface area contributed by atoms with E-state index in [4.69, 9.17) is 9.63 Å². The molecule has 27 heavy (non-hydrogen) atoms. The number of hydrogen-bond acceptors (Lipinski definition) is 5. The first kappa shape index (κ1) is 19.1. The fraction of sp³-hybridized carbons (Fsp3) is 0.500. The summed E-state index contributed by atoms with van der Waals surface area (Å²) in [4.78, 5) is 29.5. The van der Waals surface area contributed by atoms with E-state index < -0.39 is 11.9 Å². The minimum atomic E-state index is -0.836. The van der Waals surface area contributed by atoms with E-state index in [2.05, 4.69) is 36.1 Å². The number of rotatable bonds is 6. The number of nitrogens with zero attached hydrogens (tertiary/aromatic N) is 3. The number of piperidine rings is 1. The van der Waals surface area contributed by atoms with Crippen LogP contribution in [-0.4, -0.2) is 45.1 Å². The van der Waals surface area contributed by atoms with Crippen molar-refractivity contribution in [1.29, 1.82) is 0 Å². The number of aromatic nitrogens is 2. The van der Waals surface area contributed by atoms with Crippen LogP contribution in [0.2, 0.25) is 0 Å². The molecule has 1 fully saturated rings. The van der Waals surface area contributed by atoms with Crippen LogP contribution in [0.4, 0.5) is 0 Å². The molecule has 0 radical (unpaired) electrons. The lowest BCUT2D eigenvalue weighted by Crippen LogP contribution is -2.42. The number of aliphatic carboxylic acids is 1. The maximum Gasteiger partial charge on any atom is 0.308 e. The van der Waals surface area contributed by atoms with Crippen LogP contribution in [0.3, 0.4) is 0 Å². The van der Waals surface area contributed by atoms with Crippen molar-refractivity contribution < 1.29 is 19.2 Å². The van der Waals surface area contributed by atoms with Crippen LogP contribution in [-0.2, 0) is 16.0 Å². The molecule has 144 valence electrons. The van der Waals surface area contributed by atoms with Gasteiger partial charge in [0.05, 0.1) is 5.92 Å². The Bertz CT molecular complexity index is 798. The zero-order valence-electron chi connectivity index (χ0n) is 15.7. The monoisotopic (exact) mass is 371 g/mol. The number of benzene rings is 1. The highest BCUT2D eigenvalue weighted by molar-refractivity contribution is 5.78. The molecular weight excluding hydrogens is 346 g/mol. The van der Waals surface area contributed by atoms with Crippen LogP contribution >= 0.6 is 0 Å². The lowest BCUT2D eigenvalue weighted by molar-refractivity contribution is -0.145. The normalized spacial score (nSPS) is 17.3. The molecule has 1 amide bonds. The van der Waals surface area contributed by atoms with Gasteiger partial charge in [0.1, 0.15) is 0 Å². The van der Waals surface area contributed by atoms with Crippen LogP contribution in [0, 0.1) is 5.92 Å². The summed E-state index contributed by atoms with van der Waals surface area (Å²) >= 11 is 0. The molecule has 0 aliphatic carbocycles. The lowest BCUT2D eigenvalue weighted by Gasteiger charge is -2.30. The van der Waals surface area contributed by atoms with Gasteiger partial charge >= 0.3 is 5.97 Å². The predicted molar refractivity (Wildman–Crippen MR) is 99.1 cm³/mol. The summed E-state index contributed by atoms with van der Waals surface area (Å²) in [5.74, 6) is 0.0159. The van der Waals surface area contributed by atoms with E-state index in [1.54, 1.807) is 4.90 Å². The van der Waals surface area contributed by atoms with Crippen molar-refractivity contribution in [3.63, 3.8) is 0 Å². The van der Waals surface area contributed by atoms with E-state index in [1.165, 1.54) is 5.56 Å². The zero-order chi connectivity index (χ0) is 19.4. The second-order valence-corrected chi connectivity index (χ2v) is 7.31. The van der Waals surface area contributed by atoms with Gasteiger partial charge in [-0.2, -0.15) is 4.98 Å². The molecule has 7 nitrogen and oxygen atoms in total. The van der Waals surface area contributed by atoms with Crippen LogP contribution in [0.5, 0.6) is 0 Å². The summed E-state index contributed by atoms with van der Waals surface area (Å²) in [7, 11) is 0. The summed E-state index contributed by atoms with van der Waals surface area (Å²) in [6.07, 6.45) is 1.94. The van der Waals surface area contributed by atoms with E-state index in [9.17, 15) is 9.59 Å². The first-order chi connectivity index (χ1) is 12.9. The van der Waals surface area contributed by atoms with Crippen LogP contribution in [0.1, 0.15) is 50.5 Å². The topological polar surface area (TPSA) is 96.5 Å². The van der Waals surface area contributed by atoms with Crippen molar-refractivity contribution in [2.24, 2.45) is 5.92 Å². The highest BCUT2D eigenvalue weighted by Crippen LogP contribution is 2.21. The summed E-state index contributed by atoms with van der Waals surface area (Å²) < 4.78 is 5.27. The van der Waals surface area contributed by atoms with Gasteiger partial charge in [0, 0.05) is 31.5 Å². The minimum Gasteiger partial charge on any atom is -0.481 e. The Kier molecular flexibility index (Phi) is 5.88. The molecule has 1 aromatic carbocycles. The third-order valence-corrected chi connectivity index (χ3v) is 4.98. The maximum atomic E-state index is 12.4. The number of carbonyl (C=O) groups excluding carboxylic acids is 1. The molecule has 7 heteroatoms. The Balaban J connectivity index is 1.56. The summed E-state index contributed by atoms with van der Waals surface area (Å²) in [6, 6.07) is 8.04. The van der Waals surface area contributed by atoms with Crippen molar-refractivity contribution in [2.75, 3.05) is 13.1 Å². The molecule has 2 heterocycles. The van der Waals surface area contributed by atoms with Gasteiger partial charge in [-0.15, -0.1) is 0 Å². The van der Waals surface area contributed by atoms with Crippen LogP contribution < -0.4 is 0 Å². The van der Waals surface area contributed by atoms with E-state index in [1.807, 2.05) is 12.1 Å². The van der Waals surface area contributed by atoms with Crippen molar-refractivity contribution in [2.45, 2.75) is 45.4 Å². The molecule has 1 saturated heterocycles. The SMILES string of the molecule is CC(C)c1ccc(-c2noc(CCC(=O)N3CCCC(C(=O)O)C3)n2)cc1. The number of carboxylic acids is 1. The molecule has 0 spiro atoms. The molecule has 1 unspecified atom stereocenters. The minimum absolute atomic E-state index is 0.0676. The van der Waals surface area contributed by atoms with Gasteiger partial charge in [-0.05, 0) is 24.3 Å². The third kappa shape index (κ3) is 4.72. The van der Waals surface area contributed by atoms with Crippen molar-refractivity contribution in [1.82, 2.24) is 15.0 Å². The van der Waals surface area contributed by atoms with Gasteiger partial charge in [0.15, 0.2) is 0 Å². The van der Waals surface area contributed by atoms with Gasteiger partial charge in [0.2, 0.25) is 17.6 Å². The fourth-order valence-electron chi connectivity index (χ4n) is 3.27. The zero-order valence-corrected chi connectivity index (χ0v) is 15.7. The molecule has 1 aromatic heterocycles. The highest BCUT2D eigenvalue weighted by atomic mass is 16.5. The number of likely N-dealkylation sites (tertiary alicyclic amines) is 1. The average Bonchev–Trinajstić information content (AvgIpc) is 3.15. The predicted octanol–water partition coefficient (Wildman–Crippen LogP) is 3.12.